The number of aryl methyl sites for hydroxylation is 2. The second-order valence-electron chi connectivity index (χ2n) is 8.32. The molecule has 4 aromatic rings. The molecule has 1 aliphatic rings. The zero-order chi connectivity index (χ0) is 22.2. The average molecular weight is 451 g/mol. The Kier molecular flexibility index (Phi) is 5.43. The van der Waals surface area contributed by atoms with E-state index in [1.54, 1.807) is 6.20 Å². The summed E-state index contributed by atoms with van der Waals surface area (Å²) in [7, 11) is 0. The first kappa shape index (κ1) is 20.7. The molecule has 1 amide bonds. The van der Waals surface area contributed by atoms with Crippen molar-refractivity contribution < 1.29 is 13.7 Å². The predicted molar refractivity (Wildman–Crippen MR) is 120 cm³/mol. The van der Waals surface area contributed by atoms with Gasteiger partial charge >= 0.3 is 0 Å². The lowest BCUT2D eigenvalue weighted by Gasteiger charge is -2.31. The molecule has 1 fully saturated rings. The van der Waals surface area contributed by atoms with Gasteiger partial charge < -0.3 is 13.8 Å². The molecule has 7 nitrogen and oxygen atoms in total. The molecule has 1 aliphatic heterocycles. The maximum Gasteiger partial charge on any atom is 0.258 e. The summed E-state index contributed by atoms with van der Waals surface area (Å²) in [6.45, 7) is 4.93. The molecule has 0 saturated carbocycles. The number of hydrogen-bond acceptors (Lipinski definition) is 6. The van der Waals surface area contributed by atoms with E-state index in [-0.39, 0.29) is 11.8 Å². The van der Waals surface area contributed by atoms with Gasteiger partial charge in [0, 0.05) is 30.2 Å². The molecule has 0 aliphatic carbocycles. The SMILES string of the molecule is Cc1cc(C(=O)N2CCCC(c3ncc(Cc4cccc(Cl)c4)o3)C2)c2c(C)noc2n1. The highest BCUT2D eigenvalue weighted by Gasteiger charge is 2.30. The molecule has 0 N–H and O–H groups in total. The molecule has 32 heavy (non-hydrogen) atoms. The van der Waals surface area contributed by atoms with Crippen LogP contribution in [0.1, 0.15) is 57.7 Å². The van der Waals surface area contributed by atoms with E-state index in [9.17, 15) is 4.79 Å². The molecule has 0 radical (unpaired) electrons. The molecule has 1 aromatic carbocycles. The highest BCUT2D eigenvalue weighted by molar-refractivity contribution is 6.30. The number of benzene rings is 1. The number of hydrogen-bond donors (Lipinski definition) is 0. The summed E-state index contributed by atoms with van der Waals surface area (Å²) in [5.74, 6) is 1.49. The number of nitrogens with zero attached hydrogens (tertiary/aromatic N) is 4. The molecule has 1 saturated heterocycles. The molecule has 8 heteroatoms. The van der Waals surface area contributed by atoms with Crippen molar-refractivity contribution in [2.75, 3.05) is 13.1 Å². The van der Waals surface area contributed by atoms with Crippen molar-refractivity contribution in [3.63, 3.8) is 0 Å². The molecule has 0 spiro atoms. The van der Waals surface area contributed by atoms with Crippen molar-refractivity contribution >= 4 is 28.6 Å². The van der Waals surface area contributed by atoms with Crippen LogP contribution in [0.2, 0.25) is 5.02 Å². The molecule has 4 heterocycles. The zero-order valence-electron chi connectivity index (χ0n) is 18.0. The molecule has 164 valence electrons. The van der Waals surface area contributed by atoms with Crippen molar-refractivity contribution in [2.24, 2.45) is 0 Å². The van der Waals surface area contributed by atoms with Crippen LogP contribution in [0.25, 0.3) is 11.1 Å². The fraction of sp³-hybridized carbons (Fsp3) is 0.333. The van der Waals surface area contributed by atoms with Crippen molar-refractivity contribution in [3.8, 4) is 0 Å². The largest absolute Gasteiger partial charge is 0.445 e. The number of rotatable bonds is 4. The molecule has 1 unspecified atom stereocenters. The number of amides is 1. The molecule has 1 atom stereocenters. The first-order valence-corrected chi connectivity index (χ1v) is 11.1. The Labute approximate surface area is 190 Å². The van der Waals surface area contributed by atoms with E-state index >= 15 is 0 Å². The van der Waals surface area contributed by atoms with Crippen LogP contribution in [0.15, 0.2) is 45.5 Å². The van der Waals surface area contributed by atoms with Crippen LogP contribution >= 0.6 is 11.6 Å². The Bertz CT molecular complexity index is 1300. The first-order valence-electron chi connectivity index (χ1n) is 10.7. The van der Waals surface area contributed by atoms with Crippen LogP contribution < -0.4 is 0 Å². The normalized spacial score (nSPS) is 16.6. The van der Waals surface area contributed by atoms with Gasteiger partial charge in [-0.2, -0.15) is 0 Å². The monoisotopic (exact) mass is 450 g/mol. The summed E-state index contributed by atoms with van der Waals surface area (Å²) in [5.41, 5.74) is 3.45. The molecule has 0 bridgehead atoms. The van der Waals surface area contributed by atoms with Crippen LogP contribution in [0.4, 0.5) is 0 Å². The summed E-state index contributed by atoms with van der Waals surface area (Å²) >= 11 is 6.09. The second kappa shape index (κ2) is 8.39. The van der Waals surface area contributed by atoms with Crippen molar-refractivity contribution in [3.05, 3.63) is 75.7 Å². The van der Waals surface area contributed by atoms with Crippen LogP contribution in [0, 0.1) is 13.8 Å². The van der Waals surface area contributed by atoms with E-state index < -0.39 is 0 Å². The second-order valence-corrected chi connectivity index (χ2v) is 8.76. The third-order valence-corrected chi connectivity index (χ3v) is 6.11. The van der Waals surface area contributed by atoms with E-state index in [0.29, 0.717) is 52.8 Å². The van der Waals surface area contributed by atoms with Crippen LogP contribution in [-0.2, 0) is 6.42 Å². The van der Waals surface area contributed by atoms with Gasteiger partial charge in [-0.1, -0.05) is 28.9 Å². The lowest BCUT2D eigenvalue weighted by molar-refractivity contribution is 0.0699. The van der Waals surface area contributed by atoms with Crippen molar-refractivity contribution in [1.29, 1.82) is 0 Å². The van der Waals surface area contributed by atoms with Gasteiger partial charge in [0.15, 0.2) is 5.89 Å². The number of pyridine rings is 1. The van der Waals surface area contributed by atoms with Gasteiger partial charge in [0.1, 0.15) is 5.76 Å². The smallest absolute Gasteiger partial charge is 0.258 e. The van der Waals surface area contributed by atoms with E-state index in [0.717, 1.165) is 29.9 Å². The lowest BCUT2D eigenvalue weighted by Crippen LogP contribution is -2.39. The van der Waals surface area contributed by atoms with Gasteiger partial charge in [-0.15, -0.1) is 0 Å². The van der Waals surface area contributed by atoms with Crippen LogP contribution in [-0.4, -0.2) is 39.0 Å². The minimum absolute atomic E-state index is 0.0396. The highest BCUT2D eigenvalue weighted by Crippen LogP contribution is 2.30. The number of halogens is 1. The quantitative estimate of drug-likeness (QED) is 0.430. The number of oxazole rings is 1. The van der Waals surface area contributed by atoms with Gasteiger partial charge in [-0.05, 0) is 50.5 Å². The summed E-state index contributed by atoms with van der Waals surface area (Å²) in [4.78, 5) is 24.2. The molecular formula is C24H23ClN4O3. The number of piperidine rings is 1. The minimum Gasteiger partial charge on any atom is -0.445 e. The van der Waals surface area contributed by atoms with E-state index in [1.165, 1.54) is 0 Å². The number of likely N-dealkylation sites (tertiary alicyclic amines) is 1. The van der Waals surface area contributed by atoms with E-state index in [1.807, 2.05) is 49.1 Å². The van der Waals surface area contributed by atoms with Crippen LogP contribution in [0.3, 0.4) is 0 Å². The van der Waals surface area contributed by atoms with Gasteiger partial charge in [0.05, 0.1) is 28.8 Å². The Morgan fingerprint density at radius 1 is 1.28 bits per heavy atom. The molecular weight excluding hydrogens is 428 g/mol. The summed E-state index contributed by atoms with van der Waals surface area (Å²) < 4.78 is 11.4. The Morgan fingerprint density at radius 3 is 3.00 bits per heavy atom. The Morgan fingerprint density at radius 2 is 2.16 bits per heavy atom. The van der Waals surface area contributed by atoms with E-state index in [2.05, 4.69) is 15.1 Å². The fourth-order valence-electron chi connectivity index (χ4n) is 4.36. The van der Waals surface area contributed by atoms with E-state index in [4.69, 9.17) is 20.5 Å². The Hall–Kier alpha value is -3.19. The van der Waals surface area contributed by atoms with Crippen molar-refractivity contribution in [1.82, 2.24) is 20.0 Å². The number of fused-ring (bicyclic) bond motifs is 1. The van der Waals surface area contributed by atoms with Crippen LogP contribution in [0.5, 0.6) is 0 Å². The third-order valence-electron chi connectivity index (χ3n) is 5.87. The predicted octanol–water partition coefficient (Wildman–Crippen LogP) is 5.09. The standard InChI is InChI=1S/C24H23ClN4O3/c1-14-9-20(21-15(2)28-32-23(21)27-14)24(30)29-8-4-6-17(13-29)22-26-12-19(31-22)11-16-5-3-7-18(25)10-16/h3,5,7,9-10,12,17H,4,6,8,11,13H2,1-2H3. The number of aromatic nitrogens is 3. The minimum atomic E-state index is -0.0396. The highest BCUT2D eigenvalue weighted by atomic mass is 35.5. The molecule has 3 aromatic heterocycles. The fourth-order valence-corrected chi connectivity index (χ4v) is 4.57. The third kappa shape index (κ3) is 4.00. The summed E-state index contributed by atoms with van der Waals surface area (Å²) in [6, 6.07) is 9.53. The summed E-state index contributed by atoms with van der Waals surface area (Å²) in [5, 5.41) is 5.37. The average Bonchev–Trinajstić information content (AvgIpc) is 3.39. The maximum atomic E-state index is 13.4. The lowest BCUT2D eigenvalue weighted by atomic mass is 9.97. The molecule has 5 rings (SSSR count). The Balaban J connectivity index is 1.35. The van der Waals surface area contributed by atoms with Crippen molar-refractivity contribution in [2.45, 2.75) is 39.0 Å². The number of carbonyl (C=O) groups excluding carboxylic acids is 1. The number of carbonyl (C=O) groups is 1. The summed E-state index contributed by atoms with van der Waals surface area (Å²) in [6.07, 6.45) is 4.22. The van der Waals surface area contributed by atoms with Gasteiger partial charge in [0.2, 0.25) is 0 Å². The van der Waals surface area contributed by atoms with Gasteiger partial charge in [-0.3, -0.25) is 4.79 Å². The van der Waals surface area contributed by atoms with Gasteiger partial charge in [-0.25, -0.2) is 9.97 Å². The van der Waals surface area contributed by atoms with Gasteiger partial charge in [0.25, 0.3) is 11.6 Å². The maximum absolute atomic E-state index is 13.4. The first-order chi connectivity index (χ1) is 15.5. The topological polar surface area (TPSA) is 85.3 Å². The zero-order valence-corrected chi connectivity index (χ0v) is 18.7.